The molecule has 1 amide bonds. The summed E-state index contributed by atoms with van der Waals surface area (Å²) in [4.78, 5) is 20.1. The molecule has 3 heterocycles. The number of carbonyl (C=O) groups excluding carboxylic acids is 1. The van der Waals surface area contributed by atoms with Crippen LogP contribution < -0.4 is 5.32 Å². The molecule has 0 bridgehead atoms. The van der Waals surface area contributed by atoms with Crippen molar-refractivity contribution in [3.05, 3.63) is 65.2 Å². The molecular weight excluding hydrogens is 302 g/mol. The van der Waals surface area contributed by atoms with Gasteiger partial charge >= 0.3 is 0 Å². The number of benzene rings is 1. The maximum atomic E-state index is 12.6. The molecule has 120 valence electrons. The number of aromatic amines is 1. The lowest BCUT2D eigenvalue weighted by atomic mass is 10.1. The highest BCUT2D eigenvalue weighted by molar-refractivity contribution is 6.01. The third-order valence-electron chi connectivity index (χ3n) is 4.23. The van der Waals surface area contributed by atoms with Crippen molar-refractivity contribution in [3.8, 4) is 0 Å². The van der Waals surface area contributed by atoms with E-state index >= 15 is 0 Å². The molecule has 0 saturated heterocycles. The summed E-state index contributed by atoms with van der Waals surface area (Å²) in [5.41, 5.74) is 5.34. The molecule has 4 rings (SSSR count). The standard InChI is InChI=1S/C18H17N5O/c1-11-4-5-15-14(8-11)12(2)16(22-15)18(24)20-9-13-10-21-23-7-3-6-19-17(13)23/h3-8,10,22H,9H2,1-2H3,(H,20,24). The average Bonchev–Trinajstić information content (AvgIpc) is 3.14. The summed E-state index contributed by atoms with van der Waals surface area (Å²) in [7, 11) is 0. The van der Waals surface area contributed by atoms with Crippen molar-refractivity contribution < 1.29 is 4.79 Å². The van der Waals surface area contributed by atoms with Gasteiger partial charge in [0.05, 0.1) is 6.20 Å². The Morgan fingerprint density at radius 2 is 2.21 bits per heavy atom. The van der Waals surface area contributed by atoms with E-state index < -0.39 is 0 Å². The second-order valence-corrected chi connectivity index (χ2v) is 5.91. The third kappa shape index (κ3) is 2.32. The van der Waals surface area contributed by atoms with Gasteiger partial charge in [-0.15, -0.1) is 0 Å². The van der Waals surface area contributed by atoms with E-state index in [-0.39, 0.29) is 5.91 Å². The Labute approximate surface area is 138 Å². The minimum Gasteiger partial charge on any atom is -0.350 e. The molecule has 6 nitrogen and oxygen atoms in total. The van der Waals surface area contributed by atoms with Gasteiger partial charge in [-0.25, -0.2) is 9.50 Å². The van der Waals surface area contributed by atoms with E-state index in [2.05, 4.69) is 26.4 Å². The van der Waals surface area contributed by atoms with Crippen LogP contribution in [-0.4, -0.2) is 25.5 Å². The number of hydrogen-bond acceptors (Lipinski definition) is 3. The van der Waals surface area contributed by atoms with Crippen molar-refractivity contribution >= 4 is 22.5 Å². The zero-order valence-electron chi connectivity index (χ0n) is 13.5. The summed E-state index contributed by atoms with van der Waals surface area (Å²) in [6, 6.07) is 7.94. The van der Waals surface area contributed by atoms with Gasteiger partial charge in [-0.1, -0.05) is 11.6 Å². The summed E-state index contributed by atoms with van der Waals surface area (Å²) in [6.07, 6.45) is 5.27. The highest BCUT2D eigenvalue weighted by Crippen LogP contribution is 2.22. The van der Waals surface area contributed by atoms with E-state index in [1.165, 1.54) is 5.56 Å². The molecule has 0 aliphatic carbocycles. The summed E-state index contributed by atoms with van der Waals surface area (Å²) in [6.45, 7) is 4.39. The van der Waals surface area contributed by atoms with Gasteiger partial charge < -0.3 is 10.3 Å². The first-order chi connectivity index (χ1) is 11.6. The fourth-order valence-electron chi connectivity index (χ4n) is 2.93. The minimum atomic E-state index is -0.128. The minimum absolute atomic E-state index is 0.128. The van der Waals surface area contributed by atoms with E-state index in [1.54, 1.807) is 16.9 Å². The quantitative estimate of drug-likeness (QED) is 0.610. The van der Waals surface area contributed by atoms with E-state index in [4.69, 9.17) is 0 Å². The number of nitrogens with one attached hydrogen (secondary N) is 2. The Morgan fingerprint density at radius 3 is 3.08 bits per heavy atom. The maximum absolute atomic E-state index is 12.6. The van der Waals surface area contributed by atoms with Crippen LogP contribution in [0.15, 0.2) is 42.9 Å². The van der Waals surface area contributed by atoms with Gasteiger partial charge in [-0.3, -0.25) is 4.79 Å². The van der Waals surface area contributed by atoms with E-state index in [1.807, 2.05) is 38.2 Å². The highest BCUT2D eigenvalue weighted by atomic mass is 16.1. The molecule has 3 aromatic heterocycles. The van der Waals surface area contributed by atoms with Gasteiger partial charge in [-0.2, -0.15) is 5.10 Å². The van der Waals surface area contributed by atoms with Gasteiger partial charge in [-0.05, 0) is 37.6 Å². The Balaban J connectivity index is 1.59. The van der Waals surface area contributed by atoms with Gasteiger partial charge in [0.15, 0.2) is 5.65 Å². The predicted octanol–water partition coefficient (Wildman–Crippen LogP) is 2.76. The van der Waals surface area contributed by atoms with E-state index in [9.17, 15) is 4.79 Å². The zero-order chi connectivity index (χ0) is 16.7. The van der Waals surface area contributed by atoms with Gasteiger partial charge in [0, 0.05) is 35.4 Å². The number of fused-ring (bicyclic) bond motifs is 2. The summed E-state index contributed by atoms with van der Waals surface area (Å²) < 4.78 is 1.69. The number of rotatable bonds is 3. The monoisotopic (exact) mass is 319 g/mol. The number of hydrogen-bond donors (Lipinski definition) is 2. The lowest BCUT2D eigenvalue weighted by Crippen LogP contribution is -2.23. The van der Waals surface area contributed by atoms with E-state index in [0.717, 1.165) is 27.7 Å². The fourth-order valence-corrected chi connectivity index (χ4v) is 2.93. The number of aromatic nitrogens is 4. The predicted molar refractivity (Wildman–Crippen MR) is 91.9 cm³/mol. The van der Waals surface area contributed by atoms with Crippen LogP contribution in [0.4, 0.5) is 0 Å². The van der Waals surface area contributed by atoms with Crippen molar-refractivity contribution in [2.75, 3.05) is 0 Å². The first-order valence-corrected chi connectivity index (χ1v) is 7.78. The summed E-state index contributed by atoms with van der Waals surface area (Å²) in [5, 5.41) is 8.25. The summed E-state index contributed by atoms with van der Waals surface area (Å²) >= 11 is 0. The second kappa shape index (κ2) is 5.49. The molecule has 1 aromatic carbocycles. The molecular formula is C18H17N5O. The summed E-state index contributed by atoms with van der Waals surface area (Å²) in [5.74, 6) is -0.128. The number of carbonyl (C=O) groups is 1. The Hall–Kier alpha value is -3.15. The molecule has 0 aliphatic rings. The van der Waals surface area contributed by atoms with Crippen molar-refractivity contribution in [2.24, 2.45) is 0 Å². The molecule has 0 unspecified atom stereocenters. The van der Waals surface area contributed by atoms with Crippen molar-refractivity contribution in [2.45, 2.75) is 20.4 Å². The molecule has 2 N–H and O–H groups in total. The molecule has 0 spiro atoms. The number of aryl methyl sites for hydroxylation is 2. The first-order valence-electron chi connectivity index (χ1n) is 7.78. The fraction of sp³-hybridized carbons (Fsp3) is 0.167. The van der Waals surface area contributed by atoms with Crippen LogP contribution in [0, 0.1) is 13.8 Å². The topological polar surface area (TPSA) is 75.1 Å². The van der Waals surface area contributed by atoms with Crippen molar-refractivity contribution in [3.63, 3.8) is 0 Å². The molecule has 0 fully saturated rings. The molecule has 0 atom stereocenters. The van der Waals surface area contributed by atoms with Crippen LogP contribution in [0.1, 0.15) is 27.2 Å². The van der Waals surface area contributed by atoms with Gasteiger partial charge in [0.2, 0.25) is 0 Å². The van der Waals surface area contributed by atoms with E-state index in [0.29, 0.717) is 12.2 Å². The lowest BCUT2D eigenvalue weighted by Gasteiger charge is -2.03. The molecule has 6 heteroatoms. The Morgan fingerprint density at radius 1 is 1.33 bits per heavy atom. The molecule has 0 saturated carbocycles. The van der Waals surface area contributed by atoms with Crippen LogP contribution >= 0.6 is 0 Å². The maximum Gasteiger partial charge on any atom is 0.268 e. The van der Waals surface area contributed by atoms with Crippen LogP contribution in [0.2, 0.25) is 0 Å². The number of nitrogens with zero attached hydrogens (tertiary/aromatic N) is 3. The van der Waals surface area contributed by atoms with Crippen molar-refractivity contribution in [1.29, 1.82) is 0 Å². The van der Waals surface area contributed by atoms with Crippen LogP contribution in [0.3, 0.4) is 0 Å². The molecule has 4 aromatic rings. The number of amides is 1. The van der Waals surface area contributed by atoms with Crippen LogP contribution in [-0.2, 0) is 6.54 Å². The molecule has 0 radical (unpaired) electrons. The van der Waals surface area contributed by atoms with Gasteiger partial charge in [0.1, 0.15) is 5.69 Å². The average molecular weight is 319 g/mol. The first kappa shape index (κ1) is 14.4. The Bertz CT molecular complexity index is 1060. The Kier molecular flexibility index (Phi) is 3.30. The zero-order valence-corrected chi connectivity index (χ0v) is 13.5. The lowest BCUT2D eigenvalue weighted by molar-refractivity contribution is 0.0946. The third-order valence-corrected chi connectivity index (χ3v) is 4.23. The van der Waals surface area contributed by atoms with Gasteiger partial charge in [0.25, 0.3) is 5.91 Å². The van der Waals surface area contributed by atoms with Crippen molar-refractivity contribution in [1.82, 2.24) is 24.9 Å². The molecule has 0 aliphatic heterocycles. The van der Waals surface area contributed by atoms with Crippen LogP contribution in [0.5, 0.6) is 0 Å². The normalized spacial score (nSPS) is 11.2. The highest BCUT2D eigenvalue weighted by Gasteiger charge is 2.15. The van der Waals surface area contributed by atoms with Crippen LogP contribution in [0.25, 0.3) is 16.6 Å². The SMILES string of the molecule is Cc1ccc2[nH]c(C(=O)NCc3cnn4cccnc34)c(C)c2c1. The number of H-pyrrole nitrogens is 1. The smallest absolute Gasteiger partial charge is 0.268 e. The molecule has 24 heavy (non-hydrogen) atoms. The second-order valence-electron chi connectivity index (χ2n) is 5.91. The largest absolute Gasteiger partial charge is 0.350 e.